The molecule has 1 aromatic heterocycles. The van der Waals surface area contributed by atoms with E-state index >= 15 is 0 Å². The van der Waals surface area contributed by atoms with Crippen LogP contribution in [0.3, 0.4) is 0 Å². The fourth-order valence-electron chi connectivity index (χ4n) is 3.16. The number of carbonyl (C=O) groups excluding carboxylic acids is 1. The molecule has 1 N–H and O–H groups in total. The number of aryl methyl sites for hydroxylation is 1. The molecule has 1 amide bonds. The molecule has 0 radical (unpaired) electrons. The topological polar surface area (TPSA) is 82.8 Å². The molecule has 1 aliphatic rings. The molecule has 2 aromatic rings. The SMILES string of the molecule is COc1ccc(CC(=O)NC2COCC2Cc2cc(C)no2)c(OC)c1. The normalized spacial score (nSPS) is 19.3. The summed E-state index contributed by atoms with van der Waals surface area (Å²) in [7, 11) is 3.17. The Morgan fingerprint density at radius 1 is 1.27 bits per heavy atom. The van der Waals surface area contributed by atoms with Crippen molar-refractivity contribution in [3.05, 3.63) is 41.3 Å². The molecule has 0 bridgehead atoms. The minimum absolute atomic E-state index is 0.0443. The molecule has 0 aliphatic carbocycles. The van der Waals surface area contributed by atoms with E-state index in [-0.39, 0.29) is 24.3 Å². The largest absolute Gasteiger partial charge is 0.497 e. The van der Waals surface area contributed by atoms with E-state index in [0.29, 0.717) is 31.1 Å². The van der Waals surface area contributed by atoms with E-state index in [2.05, 4.69) is 10.5 Å². The van der Waals surface area contributed by atoms with Crippen molar-refractivity contribution in [3.63, 3.8) is 0 Å². The molecule has 7 heteroatoms. The minimum atomic E-state index is -0.0669. The number of nitrogens with zero attached hydrogens (tertiary/aromatic N) is 1. The van der Waals surface area contributed by atoms with Gasteiger partial charge in [0.1, 0.15) is 17.3 Å². The van der Waals surface area contributed by atoms with Gasteiger partial charge in [-0.05, 0) is 13.0 Å². The summed E-state index contributed by atoms with van der Waals surface area (Å²) in [4.78, 5) is 12.5. The molecule has 1 fully saturated rings. The summed E-state index contributed by atoms with van der Waals surface area (Å²) in [5, 5.41) is 6.98. The van der Waals surface area contributed by atoms with Gasteiger partial charge >= 0.3 is 0 Å². The second kappa shape index (κ2) is 8.23. The Labute approximate surface area is 152 Å². The van der Waals surface area contributed by atoms with Crippen molar-refractivity contribution in [3.8, 4) is 11.5 Å². The van der Waals surface area contributed by atoms with E-state index in [0.717, 1.165) is 17.0 Å². The van der Waals surface area contributed by atoms with Crippen LogP contribution in [-0.2, 0) is 22.4 Å². The minimum Gasteiger partial charge on any atom is -0.497 e. The van der Waals surface area contributed by atoms with Crippen molar-refractivity contribution in [2.45, 2.75) is 25.8 Å². The number of aromatic nitrogens is 1. The fraction of sp³-hybridized carbons (Fsp3) is 0.474. The maximum Gasteiger partial charge on any atom is 0.224 e. The van der Waals surface area contributed by atoms with Gasteiger partial charge in [0.15, 0.2) is 0 Å². The average molecular weight is 360 g/mol. The van der Waals surface area contributed by atoms with Crippen LogP contribution in [0.25, 0.3) is 0 Å². The van der Waals surface area contributed by atoms with Crippen molar-refractivity contribution >= 4 is 5.91 Å². The molecule has 7 nitrogen and oxygen atoms in total. The lowest BCUT2D eigenvalue weighted by Gasteiger charge is -2.18. The number of carbonyl (C=O) groups is 1. The molecule has 1 aromatic carbocycles. The number of ether oxygens (including phenoxy) is 3. The molecular weight excluding hydrogens is 336 g/mol. The van der Waals surface area contributed by atoms with Crippen LogP contribution in [0.15, 0.2) is 28.8 Å². The monoisotopic (exact) mass is 360 g/mol. The lowest BCUT2D eigenvalue weighted by Crippen LogP contribution is -2.41. The van der Waals surface area contributed by atoms with E-state index < -0.39 is 0 Å². The van der Waals surface area contributed by atoms with Crippen molar-refractivity contribution in [1.29, 1.82) is 0 Å². The summed E-state index contributed by atoms with van der Waals surface area (Å²) in [6, 6.07) is 7.31. The standard InChI is InChI=1S/C19H24N2O5/c1-12-6-16(26-21-12)7-14-10-25-11-17(14)20-19(22)8-13-4-5-15(23-2)9-18(13)24-3/h4-6,9,14,17H,7-8,10-11H2,1-3H3,(H,20,22). The average Bonchev–Trinajstić information content (AvgIpc) is 3.24. The third kappa shape index (κ3) is 4.35. The first-order valence-electron chi connectivity index (χ1n) is 8.59. The number of hydrogen-bond acceptors (Lipinski definition) is 6. The second-order valence-corrected chi connectivity index (χ2v) is 6.46. The highest BCUT2D eigenvalue weighted by Gasteiger charge is 2.30. The van der Waals surface area contributed by atoms with Crippen LogP contribution in [-0.4, -0.2) is 44.5 Å². The van der Waals surface area contributed by atoms with Crippen LogP contribution in [0, 0.1) is 12.8 Å². The zero-order valence-corrected chi connectivity index (χ0v) is 15.3. The molecule has 2 unspecified atom stereocenters. The maximum atomic E-state index is 12.5. The van der Waals surface area contributed by atoms with Crippen LogP contribution in [0.5, 0.6) is 11.5 Å². The first-order chi connectivity index (χ1) is 12.6. The molecule has 1 aliphatic heterocycles. The van der Waals surface area contributed by atoms with Gasteiger partial charge in [-0.2, -0.15) is 0 Å². The summed E-state index contributed by atoms with van der Waals surface area (Å²) in [6.07, 6.45) is 0.926. The summed E-state index contributed by atoms with van der Waals surface area (Å²) >= 11 is 0. The number of amides is 1. The lowest BCUT2D eigenvalue weighted by molar-refractivity contribution is -0.121. The van der Waals surface area contributed by atoms with Gasteiger partial charge in [-0.15, -0.1) is 0 Å². The molecule has 0 spiro atoms. The molecule has 2 atom stereocenters. The Morgan fingerprint density at radius 3 is 2.81 bits per heavy atom. The molecule has 0 saturated carbocycles. The van der Waals surface area contributed by atoms with Crippen molar-refractivity contribution in [2.75, 3.05) is 27.4 Å². The molecule has 3 rings (SSSR count). The molecule has 2 heterocycles. The van der Waals surface area contributed by atoms with Gasteiger partial charge in [0.2, 0.25) is 5.91 Å². The van der Waals surface area contributed by atoms with Crippen LogP contribution < -0.4 is 14.8 Å². The maximum absolute atomic E-state index is 12.5. The third-order valence-corrected chi connectivity index (χ3v) is 4.53. The third-order valence-electron chi connectivity index (χ3n) is 4.53. The van der Waals surface area contributed by atoms with Gasteiger partial charge in [-0.25, -0.2) is 0 Å². The summed E-state index contributed by atoms with van der Waals surface area (Å²) < 4.78 is 21.4. The predicted molar refractivity (Wildman–Crippen MR) is 94.4 cm³/mol. The van der Waals surface area contributed by atoms with Gasteiger partial charge in [-0.3, -0.25) is 4.79 Å². The summed E-state index contributed by atoms with van der Waals surface area (Å²) in [6.45, 7) is 2.99. The number of hydrogen-bond donors (Lipinski definition) is 1. The molecule has 1 saturated heterocycles. The smallest absolute Gasteiger partial charge is 0.224 e. The second-order valence-electron chi connectivity index (χ2n) is 6.46. The zero-order valence-electron chi connectivity index (χ0n) is 15.3. The van der Waals surface area contributed by atoms with E-state index in [1.165, 1.54) is 0 Å². The highest BCUT2D eigenvalue weighted by Crippen LogP contribution is 2.25. The molecule has 26 heavy (non-hydrogen) atoms. The highest BCUT2D eigenvalue weighted by atomic mass is 16.5. The Hall–Kier alpha value is -2.54. The van der Waals surface area contributed by atoms with Gasteiger partial charge in [-0.1, -0.05) is 11.2 Å². The van der Waals surface area contributed by atoms with E-state index in [9.17, 15) is 4.79 Å². The number of methoxy groups -OCH3 is 2. The van der Waals surface area contributed by atoms with E-state index in [1.807, 2.05) is 25.1 Å². The number of benzene rings is 1. The Morgan fingerprint density at radius 2 is 2.12 bits per heavy atom. The van der Waals surface area contributed by atoms with Crippen molar-refractivity contribution < 1.29 is 23.5 Å². The van der Waals surface area contributed by atoms with Crippen LogP contribution >= 0.6 is 0 Å². The fourth-order valence-corrected chi connectivity index (χ4v) is 3.16. The van der Waals surface area contributed by atoms with Crippen LogP contribution in [0.1, 0.15) is 17.0 Å². The van der Waals surface area contributed by atoms with Gasteiger partial charge in [0.05, 0.1) is 45.6 Å². The summed E-state index contributed by atoms with van der Waals surface area (Å²) in [5.41, 5.74) is 1.67. The first kappa shape index (κ1) is 18.3. The van der Waals surface area contributed by atoms with Gasteiger partial charge in [0, 0.05) is 30.0 Å². The number of rotatable bonds is 7. The van der Waals surface area contributed by atoms with Gasteiger partial charge < -0.3 is 24.1 Å². The Kier molecular flexibility index (Phi) is 5.78. The molecular formula is C19H24N2O5. The van der Waals surface area contributed by atoms with Crippen LogP contribution in [0.2, 0.25) is 0 Å². The Balaban J connectivity index is 1.60. The van der Waals surface area contributed by atoms with Gasteiger partial charge in [0.25, 0.3) is 0 Å². The lowest BCUT2D eigenvalue weighted by atomic mass is 9.97. The van der Waals surface area contributed by atoms with E-state index in [4.69, 9.17) is 18.7 Å². The van der Waals surface area contributed by atoms with Crippen molar-refractivity contribution in [1.82, 2.24) is 10.5 Å². The predicted octanol–water partition coefficient (Wildman–Crippen LogP) is 1.92. The number of nitrogens with one attached hydrogen (secondary N) is 1. The summed E-state index contributed by atoms with van der Waals surface area (Å²) in [5.74, 6) is 2.24. The van der Waals surface area contributed by atoms with Crippen molar-refractivity contribution in [2.24, 2.45) is 5.92 Å². The highest BCUT2D eigenvalue weighted by molar-refractivity contribution is 5.79. The quantitative estimate of drug-likeness (QED) is 0.812. The first-order valence-corrected chi connectivity index (χ1v) is 8.59. The zero-order chi connectivity index (χ0) is 18.5. The van der Waals surface area contributed by atoms with E-state index in [1.54, 1.807) is 20.3 Å². The molecule has 140 valence electrons. The van der Waals surface area contributed by atoms with Crippen LogP contribution in [0.4, 0.5) is 0 Å². The Bertz CT molecular complexity index is 758.